The first-order valence-electron chi connectivity index (χ1n) is 27.4. The first-order chi connectivity index (χ1) is 38.7. The molecule has 25 heteroatoms. The summed E-state index contributed by atoms with van der Waals surface area (Å²) in [4.78, 5) is 79.6. The normalized spacial score (nSPS) is 22.5. The van der Waals surface area contributed by atoms with Gasteiger partial charge in [-0.25, -0.2) is 12.7 Å². The fourth-order valence-corrected chi connectivity index (χ4v) is 13.1. The number of hydrogen-bond acceptors (Lipinski definition) is 17. The Morgan fingerprint density at radius 1 is 0.753 bits per heavy atom. The van der Waals surface area contributed by atoms with Crippen LogP contribution in [0.4, 0.5) is 0 Å². The van der Waals surface area contributed by atoms with Crippen LogP contribution in [0.15, 0.2) is 72.8 Å². The maximum atomic E-state index is 14.0. The Morgan fingerprint density at radius 3 is 2.06 bits per heavy atom. The van der Waals surface area contributed by atoms with E-state index in [9.17, 15) is 42.3 Å². The molecule has 7 rings (SSSR count). The number of nitrogens with one attached hydrogen (secondary N) is 7. The molecule has 0 bridgehead atoms. The summed E-state index contributed by atoms with van der Waals surface area (Å²) in [6.45, 7) is 9.20. The fraction of sp³-hybridized carbons (Fsp3) is 0.571. The third kappa shape index (κ3) is 19.4. The van der Waals surface area contributed by atoms with E-state index in [1.165, 1.54) is 14.8 Å². The highest BCUT2D eigenvalue weighted by molar-refractivity contribution is 8.00. The van der Waals surface area contributed by atoms with Crippen molar-refractivity contribution in [2.24, 2.45) is 11.3 Å². The molecule has 444 valence electrons. The van der Waals surface area contributed by atoms with E-state index in [0.29, 0.717) is 30.0 Å². The van der Waals surface area contributed by atoms with Gasteiger partial charge in [0.05, 0.1) is 64.5 Å². The second kappa shape index (κ2) is 30.4. The highest BCUT2D eigenvalue weighted by Crippen LogP contribution is 2.36. The largest absolute Gasteiger partial charge is 0.391 e. The van der Waals surface area contributed by atoms with Crippen LogP contribution >= 0.6 is 23.5 Å². The summed E-state index contributed by atoms with van der Waals surface area (Å²) in [6.07, 6.45) is 0.741. The van der Waals surface area contributed by atoms with Gasteiger partial charge in [0.2, 0.25) is 45.5 Å². The van der Waals surface area contributed by atoms with E-state index in [1.54, 1.807) is 11.8 Å². The predicted octanol–water partition coefficient (Wildman–Crippen LogP) is 1.74. The molecule has 0 aliphatic carbocycles. The van der Waals surface area contributed by atoms with Crippen LogP contribution in [0.25, 0.3) is 11.1 Å². The number of ether oxygens (including phenoxy) is 4. The lowest BCUT2D eigenvalue weighted by Crippen LogP contribution is -2.58. The smallest absolute Gasteiger partial charge is 0.246 e. The standard InChI is InChI=1S/C56H79N9O13S3/c1-36-50(80-35-60-36)39-14-12-37(13-15-39)27-58-53(71)46-26-44(66)31-65(46)54(72)51(56(2,3)4)62-49(69)33-78-23-21-76-19-18-75-20-22-77-32-48(68)57-28-38-8-6-9-40(24-38)41-10-7-11-42(25-41)45-34-79-55(61-45)63-47(67)29-59-52(70)43-16-17-64(30-43)81(5,73)74/h6-15,24-25,36,43-46,50-51,55,60-61,66H,16-23,26-35H2,1-5H3,(H,57,68)(H,58,71)(H,59,70)(H,62,69)(H,63,67)/t36?,43?,44-,45?,46+,50?,51-,55?/m1/s1. The van der Waals surface area contributed by atoms with Crippen LogP contribution in [0, 0.1) is 11.3 Å². The number of amides is 6. The Kier molecular flexibility index (Phi) is 23.8. The van der Waals surface area contributed by atoms with Gasteiger partial charge >= 0.3 is 0 Å². The minimum absolute atomic E-state index is 0.0261. The van der Waals surface area contributed by atoms with Crippen molar-refractivity contribution in [3.8, 4) is 11.1 Å². The van der Waals surface area contributed by atoms with Crippen molar-refractivity contribution in [1.29, 1.82) is 0 Å². The van der Waals surface area contributed by atoms with Gasteiger partial charge in [0.1, 0.15) is 30.8 Å². The molecule has 5 unspecified atom stereocenters. The van der Waals surface area contributed by atoms with Crippen molar-refractivity contribution in [3.05, 3.63) is 95.1 Å². The number of carbonyl (C=O) groups excluding carboxylic acids is 6. The molecule has 0 saturated carbocycles. The van der Waals surface area contributed by atoms with Crippen LogP contribution in [0.1, 0.15) is 74.1 Å². The SMILES string of the molecule is CC1NCSC1c1ccc(CNC(=O)[C@@H]2C[C@@H](O)CN2C(=O)[C@@H](NC(=O)COCCOCCOCCOCC(=O)NCc2cccc(-c3cccc(C4CSC(NC(=O)CNC(=O)C5CCN(S(C)(=O)=O)C5)N4)c3)c2)C(C)(C)C)cc1. The van der Waals surface area contributed by atoms with Gasteiger partial charge in [-0.15, -0.1) is 23.5 Å². The summed E-state index contributed by atoms with van der Waals surface area (Å²) in [5, 5.41) is 32.0. The Hall–Kier alpha value is -5.19. The third-order valence-corrected chi connectivity index (χ3v) is 18.0. The van der Waals surface area contributed by atoms with Crippen molar-refractivity contribution in [2.75, 3.05) is 96.9 Å². The topological polar surface area (TPSA) is 284 Å². The van der Waals surface area contributed by atoms with Crippen LogP contribution in [-0.2, 0) is 70.8 Å². The molecule has 6 amide bonds. The molecule has 0 radical (unpaired) electrons. The van der Waals surface area contributed by atoms with Gasteiger partial charge in [-0.1, -0.05) is 81.4 Å². The van der Waals surface area contributed by atoms with E-state index in [4.69, 9.17) is 18.9 Å². The molecule has 8 N–H and O–H groups in total. The summed E-state index contributed by atoms with van der Waals surface area (Å²) in [5.41, 5.74) is 4.99. The van der Waals surface area contributed by atoms with Gasteiger partial charge in [-0.05, 0) is 64.3 Å². The van der Waals surface area contributed by atoms with Crippen molar-refractivity contribution in [2.45, 2.75) is 94.6 Å². The lowest BCUT2D eigenvalue weighted by Gasteiger charge is -2.35. The molecule has 4 heterocycles. The van der Waals surface area contributed by atoms with Crippen LogP contribution in [0.3, 0.4) is 0 Å². The first-order valence-corrected chi connectivity index (χ1v) is 31.3. The number of thioether (sulfide) groups is 2. The van der Waals surface area contributed by atoms with Gasteiger partial charge < -0.3 is 60.9 Å². The Balaban J connectivity index is 0.710. The average Bonchev–Trinajstić information content (AvgIpc) is 4.31. The minimum atomic E-state index is -3.37. The molecule has 4 aliphatic heterocycles. The highest BCUT2D eigenvalue weighted by Gasteiger charge is 2.44. The van der Waals surface area contributed by atoms with Gasteiger partial charge in [0.15, 0.2) is 0 Å². The zero-order chi connectivity index (χ0) is 58.1. The molecule has 0 aromatic heterocycles. The van der Waals surface area contributed by atoms with Crippen LogP contribution in [0.5, 0.6) is 0 Å². The van der Waals surface area contributed by atoms with E-state index >= 15 is 0 Å². The number of aliphatic hydroxyl groups is 1. The maximum absolute atomic E-state index is 14.0. The van der Waals surface area contributed by atoms with Crippen molar-refractivity contribution in [1.82, 2.24) is 46.4 Å². The Labute approximate surface area is 483 Å². The monoisotopic (exact) mass is 1180 g/mol. The van der Waals surface area contributed by atoms with Gasteiger partial charge in [-0.3, -0.25) is 34.1 Å². The van der Waals surface area contributed by atoms with Crippen LogP contribution in [-0.4, -0.2) is 185 Å². The van der Waals surface area contributed by atoms with Crippen LogP contribution in [0.2, 0.25) is 0 Å². The summed E-state index contributed by atoms with van der Waals surface area (Å²) in [6, 6.07) is 22.6. The maximum Gasteiger partial charge on any atom is 0.246 e. The van der Waals surface area contributed by atoms with Gasteiger partial charge in [0, 0.05) is 68.1 Å². The number of rotatable bonds is 28. The van der Waals surface area contributed by atoms with Crippen molar-refractivity contribution in [3.63, 3.8) is 0 Å². The summed E-state index contributed by atoms with van der Waals surface area (Å²) in [7, 11) is -3.37. The molecule has 4 fully saturated rings. The Morgan fingerprint density at radius 2 is 1.41 bits per heavy atom. The number of aliphatic hydroxyl groups excluding tert-OH is 1. The predicted molar refractivity (Wildman–Crippen MR) is 308 cm³/mol. The molecule has 22 nitrogen and oxygen atoms in total. The molecule has 3 aromatic rings. The first kappa shape index (κ1) is 63.4. The number of benzene rings is 3. The zero-order valence-electron chi connectivity index (χ0n) is 46.7. The minimum Gasteiger partial charge on any atom is -0.391 e. The van der Waals surface area contributed by atoms with Crippen molar-refractivity contribution < 1.29 is 61.2 Å². The van der Waals surface area contributed by atoms with E-state index in [2.05, 4.69) is 62.3 Å². The average molecular weight is 1180 g/mol. The zero-order valence-corrected chi connectivity index (χ0v) is 49.2. The number of likely N-dealkylation sites (tertiary alicyclic amines) is 1. The lowest BCUT2D eigenvalue weighted by atomic mass is 9.85. The van der Waals surface area contributed by atoms with Crippen molar-refractivity contribution >= 4 is 69.0 Å². The molecule has 81 heavy (non-hydrogen) atoms. The molecular formula is C56H79N9O13S3. The molecule has 3 aromatic carbocycles. The Bertz CT molecular complexity index is 2740. The molecule has 4 aliphatic rings. The molecule has 8 atom stereocenters. The third-order valence-electron chi connectivity index (χ3n) is 14.3. The van der Waals surface area contributed by atoms with E-state index < -0.39 is 51.4 Å². The second-order valence-electron chi connectivity index (χ2n) is 21.7. The summed E-state index contributed by atoms with van der Waals surface area (Å²) >= 11 is 3.41. The number of carbonyl (C=O) groups is 6. The number of nitrogens with zero attached hydrogens (tertiary/aromatic N) is 2. The molecular weight excluding hydrogens is 1100 g/mol. The quantitative estimate of drug-likeness (QED) is 0.0481. The molecule has 4 saturated heterocycles. The highest BCUT2D eigenvalue weighted by atomic mass is 32.2. The van der Waals surface area contributed by atoms with E-state index in [1.807, 2.05) is 87.1 Å². The number of β-amino-alcohol motifs (C(OH)–C–C–N with tert-alkyl or cyclic N) is 1. The number of sulfonamides is 1. The van der Waals surface area contributed by atoms with Gasteiger partial charge in [0.25, 0.3) is 0 Å². The fourth-order valence-electron chi connectivity index (χ4n) is 9.80. The lowest BCUT2D eigenvalue weighted by molar-refractivity contribution is -0.144. The van der Waals surface area contributed by atoms with E-state index in [0.717, 1.165) is 39.9 Å². The number of hydrogen-bond donors (Lipinski definition) is 8. The summed E-state index contributed by atoms with van der Waals surface area (Å²) < 4.78 is 47.0. The second-order valence-corrected chi connectivity index (χ2v) is 26.0. The van der Waals surface area contributed by atoms with E-state index in [-0.39, 0.29) is 127 Å². The van der Waals surface area contributed by atoms with Crippen LogP contribution < -0.4 is 37.2 Å². The molecule has 0 spiro atoms. The van der Waals surface area contributed by atoms with Gasteiger partial charge in [-0.2, -0.15) is 0 Å². The summed E-state index contributed by atoms with van der Waals surface area (Å²) in [5.74, 6) is -1.16.